The van der Waals surface area contributed by atoms with Crippen molar-refractivity contribution < 1.29 is 9.47 Å². The Hall–Kier alpha value is -0.590. The van der Waals surface area contributed by atoms with Crippen LogP contribution in [-0.2, 0) is 17.9 Å². The summed E-state index contributed by atoms with van der Waals surface area (Å²) >= 11 is 11.0. The zero-order valence-corrected chi connectivity index (χ0v) is 14.9. The number of hydrogen-bond acceptors (Lipinski definition) is 4. The van der Waals surface area contributed by atoms with Crippen LogP contribution in [-0.4, -0.2) is 20.3 Å². The van der Waals surface area contributed by atoms with E-state index >= 15 is 0 Å². The summed E-state index contributed by atoms with van der Waals surface area (Å²) in [7, 11) is 1.70. The molecule has 114 valence electrons. The zero-order valence-electron chi connectivity index (χ0n) is 11.7. The van der Waals surface area contributed by atoms with Crippen molar-refractivity contribution >= 4 is 38.9 Å². The third-order valence-corrected chi connectivity index (χ3v) is 4.80. The molecule has 3 nitrogen and oxygen atoms in total. The number of nitrogens with one attached hydrogen (secondary N) is 1. The summed E-state index contributed by atoms with van der Waals surface area (Å²) in [5, 5.41) is 3.32. The first kappa shape index (κ1) is 16.8. The highest BCUT2D eigenvalue weighted by atomic mass is 79.9. The molecule has 2 aromatic rings. The fraction of sp³-hybridized carbons (Fsp3) is 0.333. The highest BCUT2D eigenvalue weighted by molar-refractivity contribution is 9.10. The molecule has 0 atom stereocenters. The average molecular weight is 391 g/mol. The van der Waals surface area contributed by atoms with E-state index in [2.05, 4.69) is 21.2 Å². The molecule has 0 saturated heterocycles. The van der Waals surface area contributed by atoms with Gasteiger partial charge in [0.25, 0.3) is 0 Å². The number of hydrogen-bond donors (Lipinski definition) is 1. The van der Waals surface area contributed by atoms with Gasteiger partial charge in [0.2, 0.25) is 0 Å². The quantitative estimate of drug-likeness (QED) is 0.674. The van der Waals surface area contributed by atoms with Gasteiger partial charge in [0.05, 0.1) is 10.9 Å². The van der Waals surface area contributed by atoms with E-state index in [9.17, 15) is 0 Å². The van der Waals surface area contributed by atoms with Crippen molar-refractivity contribution in [3.63, 3.8) is 0 Å². The van der Waals surface area contributed by atoms with Gasteiger partial charge < -0.3 is 14.8 Å². The molecule has 1 aromatic carbocycles. The molecule has 0 radical (unpaired) electrons. The number of benzene rings is 1. The van der Waals surface area contributed by atoms with Crippen molar-refractivity contribution in [3.05, 3.63) is 49.6 Å². The van der Waals surface area contributed by atoms with Crippen molar-refractivity contribution in [2.24, 2.45) is 0 Å². The molecule has 0 unspecified atom stereocenters. The molecule has 6 heteroatoms. The van der Waals surface area contributed by atoms with Crippen LogP contribution in [0, 0.1) is 0 Å². The van der Waals surface area contributed by atoms with Crippen molar-refractivity contribution in [1.29, 1.82) is 0 Å². The summed E-state index contributed by atoms with van der Waals surface area (Å²) in [6.45, 7) is 2.83. The van der Waals surface area contributed by atoms with E-state index in [0.717, 1.165) is 38.1 Å². The van der Waals surface area contributed by atoms with Crippen LogP contribution in [0.15, 0.2) is 34.8 Å². The summed E-state index contributed by atoms with van der Waals surface area (Å²) in [5.41, 5.74) is 1.16. The highest BCUT2D eigenvalue weighted by Gasteiger charge is 2.04. The van der Waals surface area contributed by atoms with E-state index in [0.29, 0.717) is 13.2 Å². The average Bonchev–Trinajstić information content (AvgIpc) is 2.89. The molecule has 1 aromatic heterocycles. The molecule has 0 aliphatic heterocycles. The van der Waals surface area contributed by atoms with E-state index in [-0.39, 0.29) is 0 Å². The van der Waals surface area contributed by atoms with Gasteiger partial charge in [0.15, 0.2) is 0 Å². The number of methoxy groups -OCH3 is 1. The SMILES string of the molecule is COCCNCc1cc(OCc2ccc(Cl)s2)ccc1Br. The fourth-order valence-electron chi connectivity index (χ4n) is 1.76. The predicted molar refractivity (Wildman–Crippen MR) is 91.4 cm³/mol. The topological polar surface area (TPSA) is 30.5 Å². The number of halogens is 2. The molecule has 0 spiro atoms. The molecule has 2 rings (SSSR count). The van der Waals surface area contributed by atoms with Crippen molar-refractivity contribution in [3.8, 4) is 5.75 Å². The number of ether oxygens (including phenoxy) is 2. The maximum atomic E-state index is 5.91. The molecule has 1 heterocycles. The van der Waals surface area contributed by atoms with Crippen LogP contribution < -0.4 is 10.1 Å². The van der Waals surface area contributed by atoms with Gasteiger partial charge in [-0.3, -0.25) is 0 Å². The maximum Gasteiger partial charge on any atom is 0.122 e. The lowest BCUT2D eigenvalue weighted by atomic mass is 10.2. The van der Waals surface area contributed by atoms with Crippen molar-refractivity contribution in [2.45, 2.75) is 13.2 Å². The Morgan fingerprint density at radius 3 is 2.86 bits per heavy atom. The third-order valence-electron chi connectivity index (χ3n) is 2.83. The minimum Gasteiger partial charge on any atom is -0.488 e. The van der Waals surface area contributed by atoms with Gasteiger partial charge in [-0.1, -0.05) is 27.5 Å². The van der Waals surface area contributed by atoms with Gasteiger partial charge >= 0.3 is 0 Å². The van der Waals surface area contributed by atoms with Crippen LogP contribution >= 0.6 is 38.9 Å². The molecule has 21 heavy (non-hydrogen) atoms. The summed E-state index contributed by atoms with van der Waals surface area (Å²) in [6, 6.07) is 9.87. The molecule has 1 N–H and O–H groups in total. The Labute approximate surface area is 142 Å². The van der Waals surface area contributed by atoms with Gasteiger partial charge in [-0.2, -0.15) is 0 Å². The second kappa shape index (κ2) is 8.76. The maximum absolute atomic E-state index is 5.91. The van der Waals surface area contributed by atoms with Crippen molar-refractivity contribution in [2.75, 3.05) is 20.3 Å². The van der Waals surface area contributed by atoms with Crippen LogP contribution in [0.4, 0.5) is 0 Å². The Balaban J connectivity index is 1.91. The summed E-state index contributed by atoms with van der Waals surface area (Å²) < 4.78 is 12.7. The Bertz CT molecular complexity index is 577. The molecule has 0 aliphatic carbocycles. The Kier molecular flexibility index (Phi) is 6.99. The van der Waals surface area contributed by atoms with Gasteiger partial charge in [0.1, 0.15) is 12.4 Å². The van der Waals surface area contributed by atoms with Crippen LogP contribution in [0.1, 0.15) is 10.4 Å². The normalized spacial score (nSPS) is 10.8. The van der Waals surface area contributed by atoms with Crippen LogP contribution in [0.3, 0.4) is 0 Å². The number of thiophene rings is 1. The molecule has 0 saturated carbocycles. The molecular formula is C15H17BrClNO2S. The second-order valence-electron chi connectivity index (χ2n) is 4.42. The molecule has 0 bridgehead atoms. The lowest BCUT2D eigenvalue weighted by Crippen LogP contribution is -2.18. The van der Waals surface area contributed by atoms with Crippen LogP contribution in [0.5, 0.6) is 5.75 Å². The third kappa shape index (κ3) is 5.60. The van der Waals surface area contributed by atoms with E-state index in [1.54, 1.807) is 7.11 Å². The molecule has 0 amide bonds. The van der Waals surface area contributed by atoms with E-state index < -0.39 is 0 Å². The van der Waals surface area contributed by atoms with E-state index in [1.807, 2.05) is 30.3 Å². The highest BCUT2D eigenvalue weighted by Crippen LogP contribution is 2.25. The van der Waals surface area contributed by atoms with Gasteiger partial charge in [-0.15, -0.1) is 11.3 Å². The first-order valence-corrected chi connectivity index (χ1v) is 8.53. The Morgan fingerprint density at radius 2 is 2.14 bits per heavy atom. The van der Waals surface area contributed by atoms with Gasteiger partial charge in [-0.25, -0.2) is 0 Å². The largest absolute Gasteiger partial charge is 0.488 e. The second-order valence-corrected chi connectivity index (χ2v) is 7.07. The summed E-state index contributed by atoms with van der Waals surface area (Å²) in [6.07, 6.45) is 0. The zero-order chi connectivity index (χ0) is 15.1. The first-order chi connectivity index (χ1) is 10.2. The van der Waals surface area contributed by atoms with Gasteiger partial charge in [0, 0.05) is 29.5 Å². The molecular weight excluding hydrogens is 374 g/mol. The van der Waals surface area contributed by atoms with Crippen LogP contribution in [0.25, 0.3) is 0 Å². The summed E-state index contributed by atoms with van der Waals surface area (Å²) in [5.74, 6) is 0.853. The van der Waals surface area contributed by atoms with E-state index in [1.165, 1.54) is 11.3 Å². The monoisotopic (exact) mass is 389 g/mol. The standard InChI is InChI=1S/C15H17BrClNO2S/c1-19-7-6-18-9-11-8-12(2-4-14(11)16)20-10-13-3-5-15(17)21-13/h2-5,8,18H,6-7,9-10H2,1H3. The van der Waals surface area contributed by atoms with Gasteiger partial charge in [-0.05, 0) is 35.9 Å². The lowest BCUT2D eigenvalue weighted by Gasteiger charge is -2.10. The first-order valence-electron chi connectivity index (χ1n) is 6.54. The smallest absolute Gasteiger partial charge is 0.122 e. The minimum absolute atomic E-state index is 0.537. The predicted octanol–water partition coefficient (Wildman–Crippen LogP) is 4.48. The molecule has 0 fully saturated rings. The van der Waals surface area contributed by atoms with Crippen molar-refractivity contribution in [1.82, 2.24) is 5.32 Å². The summed E-state index contributed by atoms with van der Waals surface area (Å²) in [4.78, 5) is 1.11. The number of rotatable bonds is 8. The molecule has 0 aliphatic rings. The van der Waals surface area contributed by atoms with E-state index in [4.69, 9.17) is 21.1 Å². The lowest BCUT2D eigenvalue weighted by molar-refractivity contribution is 0.199. The Morgan fingerprint density at radius 1 is 1.29 bits per heavy atom. The fourth-order valence-corrected chi connectivity index (χ4v) is 3.15. The van der Waals surface area contributed by atoms with Crippen LogP contribution in [0.2, 0.25) is 4.34 Å². The minimum atomic E-state index is 0.537.